The summed E-state index contributed by atoms with van der Waals surface area (Å²) in [5.74, 6) is 4.32. The Labute approximate surface area is 343 Å². The van der Waals surface area contributed by atoms with Crippen molar-refractivity contribution in [1.82, 2.24) is 20.2 Å². The molecule has 61 heavy (non-hydrogen) atoms. The lowest BCUT2D eigenvalue weighted by Crippen LogP contribution is -2.30. The van der Waals surface area contributed by atoms with Gasteiger partial charge in [-0.1, -0.05) is 28.1 Å². The monoisotopic (exact) mass is 923 g/mol. The first-order valence-corrected chi connectivity index (χ1v) is 21.5. The number of nitrogen functional groups attached to an aromatic ring is 1. The normalized spacial score (nSPS) is 19.3. The number of hydrogen-bond acceptors (Lipinski definition) is 20. The molecule has 1 fully saturated rings. The average molecular weight is 924 g/mol. The van der Waals surface area contributed by atoms with E-state index in [2.05, 4.69) is 60.7 Å². The minimum atomic E-state index is -5.90. The van der Waals surface area contributed by atoms with Gasteiger partial charge in [0, 0.05) is 41.1 Å². The van der Waals surface area contributed by atoms with E-state index >= 15 is 0 Å². The van der Waals surface area contributed by atoms with Gasteiger partial charge in [0.25, 0.3) is 13.7 Å². The number of carbonyl (C=O) groups is 2. The first-order valence-electron chi connectivity index (χ1n) is 17.0. The molecule has 0 spiro atoms. The molecule has 1 aromatic heterocycles. The van der Waals surface area contributed by atoms with Crippen molar-refractivity contribution in [2.45, 2.75) is 31.1 Å². The van der Waals surface area contributed by atoms with Crippen LogP contribution in [0, 0.1) is 11.8 Å². The Morgan fingerprint density at radius 2 is 1.92 bits per heavy atom. The number of rotatable bonds is 25. The van der Waals surface area contributed by atoms with Crippen LogP contribution in [-0.2, 0) is 50.6 Å². The molecule has 0 radical (unpaired) electrons. The Bertz CT molecular complexity index is 2210. The predicted molar refractivity (Wildman–Crippen MR) is 201 cm³/mol. The van der Waals surface area contributed by atoms with Gasteiger partial charge in [-0.25, -0.2) is 18.2 Å². The zero-order chi connectivity index (χ0) is 45.1. The minimum absolute atomic E-state index is 0.0112. The number of ether oxygens (including phenoxy) is 5. The molecule has 7 atom stereocenters. The van der Waals surface area contributed by atoms with Crippen LogP contribution in [0.1, 0.15) is 28.6 Å². The Balaban J connectivity index is 1.51. The Hall–Kier alpha value is -4.97. The third-order valence-electron chi connectivity index (χ3n) is 7.16. The van der Waals surface area contributed by atoms with E-state index in [0.29, 0.717) is 17.9 Å². The molecular formula is C28H38N12O18P3-. The number of phosphoric acid groups is 3. The number of hydrogen-bond donors (Lipinski definition) is 7. The maximum absolute atomic E-state index is 12.8. The smallest absolute Gasteiger partial charge is 0.487 e. The summed E-state index contributed by atoms with van der Waals surface area (Å²) in [7, 11) is -17.4. The zero-order valence-electron chi connectivity index (χ0n) is 31.3. The van der Waals surface area contributed by atoms with Crippen LogP contribution < -0.4 is 37.4 Å². The number of benzene rings is 1. The van der Waals surface area contributed by atoms with Crippen LogP contribution >= 0.6 is 23.5 Å². The Morgan fingerprint density at radius 3 is 2.62 bits per heavy atom. The number of phosphoric ester groups is 1. The van der Waals surface area contributed by atoms with E-state index in [1.807, 2.05) is 0 Å². The lowest BCUT2D eigenvalue weighted by atomic mass is 10.2. The molecule has 2 amide bonds. The van der Waals surface area contributed by atoms with Gasteiger partial charge in [0.15, 0.2) is 6.23 Å². The van der Waals surface area contributed by atoms with Gasteiger partial charge in [0.05, 0.1) is 38.0 Å². The highest BCUT2D eigenvalue weighted by Crippen LogP contribution is 2.65. The molecule has 0 aliphatic carbocycles. The summed E-state index contributed by atoms with van der Waals surface area (Å²) in [4.78, 5) is 84.6. The maximum Gasteiger partial charge on any atom is 0.487 e. The molecule has 2 heterocycles. The van der Waals surface area contributed by atoms with Crippen molar-refractivity contribution in [3.05, 3.63) is 73.0 Å². The highest BCUT2D eigenvalue weighted by Gasteiger charge is 2.42. The second-order valence-electron chi connectivity index (χ2n) is 11.6. The second kappa shape index (κ2) is 24.5. The molecule has 6 unspecified atom stereocenters. The third kappa shape index (κ3) is 18.7. The lowest BCUT2D eigenvalue weighted by molar-refractivity contribution is -0.212. The van der Waals surface area contributed by atoms with Crippen molar-refractivity contribution in [3.8, 4) is 17.6 Å². The van der Waals surface area contributed by atoms with Crippen LogP contribution in [0.3, 0.4) is 0 Å². The molecule has 0 saturated carbocycles. The van der Waals surface area contributed by atoms with E-state index in [-0.39, 0.29) is 56.6 Å². The summed E-state index contributed by atoms with van der Waals surface area (Å²) in [6.07, 6.45) is -3.93. The van der Waals surface area contributed by atoms with E-state index in [1.165, 1.54) is 6.07 Å². The number of aromatic nitrogens is 2. The highest BCUT2D eigenvalue weighted by molar-refractivity contribution is 7.66. The molecular weight excluding hydrogens is 885 g/mol. The van der Waals surface area contributed by atoms with E-state index < -0.39 is 79.7 Å². The quantitative estimate of drug-likeness (QED) is 0.0163. The summed E-state index contributed by atoms with van der Waals surface area (Å²) in [5.41, 5.74) is 28.1. The van der Waals surface area contributed by atoms with Gasteiger partial charge in [0.2, 0.25) is 5.91 Å². The summed E-state index contributed by atoms with van der Waals surface area (Å²) < 4.78 is 74.7. The molecule has 30 nitrogen and oxygen atoms in total. The van der Waals surface area contributed by atoms with Crippen LogP contribution in [-0.4, -0.2) is 114 Å². The molecule has 0 bridgehead atoms. The number of nitrogens with zero attached hydrogens (tertiary/aromatic N) is 8. The van der Waals surface area contributed by atoms with Gasteiger partial charge in [-0.2, -0.15) is 9.29 Å². The molecule has 33 heteroatoms. The van der Waals surface area contributed by atoms with Crippen molar-refractivity contribution in [2.24, 2.45) is 16.0 Å². The molecule has 9 N–H and O–H groups in total. The predicted octanol–water partition coefficient (Wildman–Crippen LogP) is -0.618. The van der Waals surface area contributed by atoms with Crippen molar-refractivity contribution >= 4 is 41.1 Å². The molecule has 3 rings (SSSR count). The fourth-order valence-electron chi connectivity index (χ4n) is 4.70. The number of amides is 2. The first-order chi connectivity index (χ1) is 28.8. The number of nitrogens with one attached hydrogen (secondary N) is 2. The van der Waals surface area contributed by atoms with Crippen LogP contribution in [0.4, 0.5) is 5.82 Å². The Morgan fingerprint density at radius 1 is 1.15 bits per heavy atom. The number of azide groups is 2. The largest absolute Gasteiger partial charge is 0.756 e. The summed E-state index contributed by atoms with van der Waals surface area (Å²) in [6.45, 7) is -2.01. The van der Waals surface area contributed by atoms with Crippen molar-refractivity contribution in [1.29, 1.82) is 0 Å². The summed E-state index contributed by atoms with van der Waals surface area (Å²) in [6, 6.07) is 6.26. The van der Waals surface area contributed by atoms with Gasteiger partial charge in [0.1, 0.15) is 43.8 Å². The second-order valence-corrected chi connectivity index (χ2v) is 15.9. The van der Waals surface area contributed by atoms with E-state index in [0.717, 1.165) is 10.8 Å². The van der Waals surface area contributed by atoms with E-state index in [1.54, 1.807) is 18.2 Å². The van der Waals surface area contributed by atoms with Crippen molar-refractivity contribution < 1.29 is 79.7 Å². The van der Waals surface area contributed by atoms with Gasteiger partial charge in [-0.3, -0.25) is 23.2 Å². The van der Waals surface area contributed by atoms with Gasteiger partial charge >= 0.3 is 21.3 Å². The van der Waals surface area contributed by atoms with E-state index in [4.69, 9.17) is 51.1 Å². The van der Waals surface area contributed by atoms with Crippen molar-refractivity contribution in [3.63, 3.8) is 0 Å². The van der Waals surface area contributed by atoms with Crippen LogP contribution in [0.2, 0.25) is 0 Å². The molecule has 1 aromatic carbocycles. The number of carbonyl (C=O) groups excluding carboxylic acids is 2. The lowest BCUT2D eigenvalue weighted by Gasteiger charge is -2.22. The topological polar surface area (TPSA) is 451 Å². The van der Waals surface area contributed by atoms with E-state index in [9.17, 15) is 42.8 Å². The summed E-state index contributed by atoms with van der Waals surface area (Å²) >= 11 is 0. The number of nitrogens with two attached hydrogens (primary N) is 2. The van der Waals surface area contributed by atoms with Gasteiger partial charge < -0.3 is 65.4 Å². The first kappa shape index (κ1) is 50.4. The Kier molecular flexibility index (Phi) is 20.2. The minimum Gasteiger partial charge on any atom is -0.756 e. The molecule has 1 aliphatic heterocycles. The van der Waals surface area contributed by atoms with Crippen LogP contribution in [0.15, 0.2) is 45.5 Å². The highest BCUT2D eigenvalue weighted by atomic mass is 31.3. The van der Waals surface area contributed by atoms with Gasteiger partial charge in [-0.05, 0) is 29.3 Å². The molecule has 1 aliphatic rings. The SMILES string of the molecule is [N-]=[N+]=NCO[C@H]1CC(n2cc(C#CCNC(=O)COCCOC(COc3cccc(C(=O)NCCN)c3)N=[N+]=[N-])c(N)nc2=O)OC1COP(=O)(O)OP(=O)(O)OP(=O)([O-])O. The van der Waals surface area contributed by atoms with Crippen molar-refractivity contribution in [2.75, 3.05) is 65.1 Å². The van der Waals surface area contributed by atoms with Gasteiger partial charge in [-0.15, -0.1) is 0 Å². The zero-order valence-corrected chi connectivity index (χ0v) is 34.0. The molecule has 334 valence electrons. The fraction of sp³-hybridized carbons (Fsp3) is 0.500. The average Bonchev–Trinajstić information content (AvgIpc) is 3.58. The molecule has 2 aromatic rings. The standard InChI is InChI=1S/C28H39N12O18P3/c29-6-8-34-27(42)18-3-1-5-20(11-18)53-16-24(37-39-32)52-10-9-51-15-23(41)33-7-2-4-19-13-40(28(43)36-26(19)30)25-12-21(54-17-35-38-31)22(56-25)14-55-60(47,48)58-61(49,50)57-59(44,45)46/h1,3,5,11,13,21-22,24-25H,6-10,12,14-17,29H2,(H,33,41)(H,34,42)(H,47,48)(H,49,50)(H2,30,36,43)(H2,44,45,46)/p-1/t21-,22?,24?,25?/m0/s1. The molecule has 1 saturated heterocycles. The fourth-order valence-corrected chi connectivity index (χ4v) is 7.70. The number of anilines is 1. The van der Waals surface area contributed by atoms with Crippen LogP contribution in [0.25, 0.3) is 20.9 Å². The summed E-state index contributed by atoms with van der Waals surface area (Å²) in [5, 5.41) is 11.8. The third-order valence-corrected chi connectivity index (χ3v) is 10.9. The van der Waals surface area contributed by atoms with Crippen LogP contribution in [0.5, 0.6) is 5.75 Å². The maximum atomic E-state index is 12.8.